The molecule has 0 spiro atoms. The normalized spacial score (nSPS) is 19.1. The van der Waals surface area contributed by atoms with Crippen molar-refractivity contribution in [3.63, 3.8) is 0 Å². The first kappa shape index (κ1) is 16.0. The Morgan fingerprint density at radius 2 is 2.05 bits per heavy atom. The summed E-state index contributed by atoms with van der Waals surface area (Å²) in [6.45, 7) is 9.59. The van der Waals surface area contributed by atoms with Crippen molar-refractivity contribution in [3.05, 3.63) is 27.7 Å². The lowest BCUT2D eigenvalue weighted by Gasteiger charge is -2.21. The SMILES string of the molecule is Cc1ccc(Cl)c(NC2=NCC(CC(C)(C)C)S2)c1Cl. The number of benzene rings is 1. The maximum Gasteiger partial charge on any atom is 0.161 e. The molecule has 2 rings (SSSR count). The average Bonchev–Trinajstić information content (AvgIpc) is 2.75. The summed E-state index contributed by atoms with van der Waals surface area (Å²) < 4.78 is 0. The number of aliphatic imine (C=N–C) groups is 1. The van der Waals surface area contributed by atoms with Gasteiger partial charge >= 0.3 is 0 Å². The van der Waals surface area contributed by atoms with E-state index in [1.807, 2.05) is 19.1 Å². The van der Waals surface area contributed by atoms with Crippen LogP contribution in [-0.4, -0.2) is 17.0 Å². The lowest BCUT2D eigenvalue weighted by atomic mass is 9.90. The van der Waals surface area contributed by atoms with Crippen molar-refractivity contribution in [1.82, 2.24) is 0 Å². The highest BCUT2D eigenvalue weighted by Crippen LogP contribution is 2.36. The van der Waals surface area contributed by atoms with Gasteiger partial charge in [0.25, 0.3) is 0 Å². The van der Waals surface area contributed by atoms with E-state index in [2.05, 4.69) is 31.1 Å². The summed E-state index contributed by atoms with van der Waals surface area (Å²) in [5, 5.41) is 6.02. The van der Waals surface area contributed by atoms with Gasteiger partial charge in [-0.3, -0.25) is 4.99 Å². The molecule has 1 aliphatic rings. The molecular weight excluding hydrogens is 311 g/mol. The molecule has 0 amide bonds. The number of hydrogen-bond donors (Lipinski definition) is 1. The zero-order valence-corrected chi connectivity index (χ0v) is 14.6. The number of amidine groups is 1. The van der Waals surface area contributed by atoms with Gasteiger partial charge in [-0.15, -0.1) is 0 Å². The van der Waals surface area contributed by atoms with Gasteiger partial charge in [0.05, 0.1) is 22.3 Å². The third kappa shape index (κ3) is 4.06. The topological polar surface area (TPSA) is 24.4 Å². The minimum Gasteiger partial charge on any atom is -0.333 e. The fourth-order valence-electron chi connectivity index (χ4n) is 2.15. The standard InChI is InChI=1S/C15H20Cl2N2S/c1-9-5-6-11(16)13(12(9)17)19-14-18-8-10(20-14)7-15(2,3)4/h5-6,10H,7-8H2,1-4H3,(H,18,19). The van der Waals surface area contributed by atoms with Gasteiger partial charge in [0.1, 0.15) is 0 Å². The minimum absolute atomic E-state index is 0.321. The molecule has 1 aromatic rings. The van der Waals surface area contributed by atoms with Crippen LogP contribution in [0.1, 0.15) is 32.8 Å². The molecule has 0 aliphatic carbocycles. The highest BCUT2D eigenvalue weighted by Gasteiger charge is 2.25. The first-order valence-electron chi connectivity index (χ1n) is 6.69. The molecule has 1 aromatic carbocycles. The van der Waals surface area contributed by atoms with E-state index in [-0.39, 0.29) is 0 Å². The van der Waals surface area contributed by atoms with Crippen molar-refractivity contribution < 1.29 is 0 Å². The molecular formula is C15H20Cl2N2S. The van der Waals surface area contributed by atoms with Gasteiger partial charge in [-0.05, 0) is 30.4 Å². The molecule has 0 saturated carbocycles. The summed E-state index contributed by atoms with van der Waals surface area (Å²) in [7, 11) is 0. The van der Waals surface area contributed by atoms with Crippen LogP contribution in [0, 0.1) is 12.3 Å². The van der Waals surface area contributed by atoms with E-state index in [0.29, 0.717) is 20.7 Å². The Kier molecular flexibility index (Phi) is 4.93. The molecule has 1 atom stereocenters. The third-order valence-electron chi connectivity index (χ3n) is 3.07. The Bertz CT molecular complexity index is 535. The van der Waals surface area contributed by atoms with Crippen LogP contribution in [-0.2, 0) is 0 Å². The Balaban J connectivity index is 2.05. The van der Waals surface area contributed by atoms with Gasteiger partial charge in [-0.1, -0.05) is 61.8 Å². The number of halogens is 2. The van der Waals surface area contributed by atoms with Gasteiger partial charge in [-0.25, -0.2) is 0 Å². The van der Waals surface area contributed by atoms with Crippen LogP contribution < -0.4 is 5.32 Å². The molecule has 1 aliphatic heterocycles. The van der Waals surface area contributed by atoms with E-state index in [0.717, 1.165) is 29.4 Å². The lowest BCUT2D eigenvalue weighted by molar-refractivity contribution is 0.375. The highest BCUT2D eigenvalue weighted by atomic mass is 35.5. The molecule has 0 radical (unpaired) electrons. The highest BCUT2D eigenvalue weighted by molar-refractivity contribution is 8.15. The molecule has 1 unspecified atom stereocenters. The molecule has 1 heterocycles. The van der Waals surface area contributed by atoms with Crippen molar-refractivity contribution in [2.45, 2.75) is 39.4 Å². The summed E-state index contributed by atoms with van der Waals surface area (Å²) in [4.78, 5) is 4.56. The molecule has 0 aromatic heterocycles. The van der Waals surface area contributed by atoms with Crippen molar-refractivity contribution >= 4 is 45.8 Å². The maximum absolute atomic E-state index is 6.31. The Labute approximate surface area is 135 Å². The average molecular weight is 331 g/mol. The molecule has 5 heteroatoms. The molecule has 0 saturated heterocycles. The number of anilines is 1. The smallest absolute Gasteiger partial charge is 0.161 e. The maximum atomic E-state index is 6.31. The van der Waals surface area contributed by atoms with Gasteiger partial charge < -0.3 is 5.32 Å². The van der Waals surface area contributed by atoms with Crippen molar-refractivity contribution in [2.75, 3.05) is 11.9 Å². The summed E-state index contributed by atoms with van der Waals surface area (Å²) in [6.07, 6.45) is 1.14. The summed E-state index contributed by atoms with van der Waals surface area (Å²) in [5.74, 6) is 0. The van der Waals surface area contributed by atoms with Gasteiger partial charge in [-0.2, -0.15) is 0 Å². The molecule has 0 bridgehead atoms. The fraction of sp³-hybridized carbons (Fsp3) is 0.533. The van der Waals surface area contributed by atoms with Crippen molar-refractivity contribution in [3.8, 4) is 0 Å². The number of thioether (sulfide) groups is 1. The molecule has 20 heavy (non-hydrogen) atoms. The van der Waals surface area contributed by atoms with E-state index < -0.39 is 0 Å². The summed E-state index contributed by atoms with van der Waals surface area (Å²) >= 11 is 14.3. The van der Waals surface area contributed by atoms with E-state index in [1.165, 1.54) is 0 Å². The van der Waals surface area contributed by atoms with Crippen LogP contribution in [0.15, 0.2) is 17.1 Å². The second-order valence-corrected chi connectivity index (χ2v) is 8.40. The monoisotopic (exact) mass is 330 g/mol. The van der Waals surface area contributed by atoms with Crippen LogP contribution >= 0.6 is 35.0 Å². The molecule has 0 fully saturated rings. The van der Waals surface area contributed by atoms with Gasteiger partial charge in [0, 0.05) is 5.25 Å². The van der Waals surface area contributed by atoms with E-state index in [9.17, 15) is 0 Å². The summed E-state index contributed by atoms with van der Waals surface area (Å²) in [6, 6.07) is 3.78. The Morgan fingerprint density at radius 1 is 1.35 bits per heavy atom. The van der Waals surface area contributed by atoms with Crippen LogP contribution in [0.2, 0.25) is 10.0 Å². The number of aryl methyl sites for hydroxylation is 1. The number of nitrogens with one attached hydrogen (secondary N) is 1. The van der Waals surface area contributed by atoms with Crippen LogP contribution in [0.3, 0.4) is 0 Å². The third-order valence-corrected chi connectivity index (χ3v) is 4.98. The second-order valence-electron chi connectivity index (χ2n) is 6.33. The molecule has 2 nitrogen and oxygen atoms in total. The lowest BCUT2D eigenvalue weighted by Crippen LogP contribution is -2.16. The molecule has 1 N–H and O–H groups in total. The number of rotatable bonds is 2. The van der Waals surface area contributed by atoms with Gasteiger partial charge in [0.15, 0.2) is 5.17 Å². The number of nitrogens with zero attached hydrogens (tertiary/aromatic N) is 1. The van der Waals surface area contributed by atoms with E-state index in [1.54, 1.807) is 11.8 Å². The van der Waals surface area contributed by atoms with Crippen LogP contribution in [0.5, 0.6) is 0 Å². The van der Waals surface area contributed by atoms with Crippen molar-refractivity contribution in [1.29, 1.82) is 0 Å². The van der Waals surface area contributed by atoms with Crippen molar-refractivity contribution in [2.24, 2.45) is 10.4 Å². The fourth-order valence-corrected chi connectivity index (χ4v) is 3.98. The Hall–Kier alpha value is -0.380. The predicted molar refractivity (Wildman–Crippen MR) is 92.6 cm³/mol. The predicted octanol–water partition coefficient (Wildman–Crippen LogP) is 5.62. The Morgan fingerprint density at radius 3 is 2.70 bits per heavy atom. The zero-order valence-electron chi connectivity index (χ0n) is 12.3. The van der Waals surface area contributed by atoms with E-state index in [4.69, 9.17) is 23.2 Å². The zero-order chi connectivity index (χ0) is 14.9. The largest absolute Gasteiger partial charge is 0.333 e. The van der Waals surface area contributed by atoms with E-state index >= 15 is 0 Å². The number of hydrogen-bond acceptors (Lipinski definition) is 3. The molecule has 110 valence electrons. The van der Waals surface area contributed by atoms with Crippen LogP contribution in [0.25, 0.3) is 0 Å². The summed E-state index contributed by atoms with van der Waals surface area (Å²) in [5.41, 5.74) is 2.09. The quantitative estimate of drug-likeness (QED) is 0.760. The second kappa shape index (κ2) is 6.17. The first-order valence-corrected chi connectivity index (χ1v) is 8.32. The van der Waals surface area contributed by atoms with Gasteiger partial charge in [0.2, 0.25) is 0 Å². The minimum atomic E-state index is 0.321. The first-order chi connectivity index (χ1) is 9.26. The van der Waals surface area contributed by atoms with Crippen LogP contribution in [0.4, 0.5) is 5.69 Å².